The van der Waals surface area contributed by atoms with Crippen molar-refractivity contribution in [3.63, 3.8) is 0 Å². The Kier molecular flexibility index (Phi) is 2.55. The van der Waals surface area contributed by atoms with Crippen LogP contribution in [0.1, 0.15) is 24.8 Å². The van der Waals surface area contributed by atoms with E-state index in [0.717, 1.165) is 24.1 Å². The highest BCUT2D eigenvalue weighted by Crippen LogP contribution is 2.21. The van der Waals surface area contributed by atoms with Crippen LogP contribution < -0.4 is 5.32 Å². The largest absolute Gasteiger partial charge is 0.382 e. The quantitative estimate of drug-likeness (QED) is 0.854. The highest BCUT2D eigenvalue weighted by molar-refractivity contribution is 6.04. The molecule has 1 aromatic carbocycles. The summed E-state index contributed by atoms with van der Waals surface area (Å²) in [7, 11) is 0. The fourth-order valence-electron chi connectivity index (χ4n) is 1.84. The third kappa shape index (κ3) is 2.30. The lowest BCUT2D eigenvalue weighted by atomic mass is 10.0. The van der Waals surface area contributed by atoms with Crippen molar-refractivity contribution in [1.82, 2.24) is 5.32 Å². The minimum atomic E-state index is -0.453. The van der Waals surface area contributed by atoms with E-state index in [1.165, 1.54) is 0 Å². The van der Waals surface area contributed by atoms with E-state index in [2.05, 4.69) is 10.5 Å². The van der Waals surface area contributed by atoms with E-state index in [9.17, 15) is 4.79 Å². The standard InChI is InChI=1S/C13H14N2O2/c16-13(14-10-6-7-10)12-8-11(15-17-12)9-4-2-1-3-5-9/h1-5,10,12H,6-8H2,(H,14,16)/t12-/m1/s1. The number of hydrogen-bond donors (Lipinski definition) is 1. The van der Waals surface area contributed by atoms with Gasteiger partial charge in [0.05, 0.1) is 5.71 Å². The van der Waals surface area contributed by atoms with Crippen LogP contribution in [-0.2, 0) is 9.63 Å². The summed E-state index contributed by atoms with van der Waals surface area (Å²) < 4.78 is 0. The lowest BCUT2D eigenvalue weighted by Crippen LogP contribution is -2.36. The maximum absolute atomic E-state index is 11.8. The van der Waals surface area contributed by atoms with Gasteiger partial charge in [-0.1, -0.05) is 35.5 Å². The fourth-order valence-corrected chi connectivity index (χ4v) is 1.84. The Bertz CT molecular complexity index is 452. The number of benzene rings is 1. The van der Waals surface area contributed by atoms with Gasteiger partial charge in [-0.2, -0.15) is 0 Å². The first-order chi connectivity index (χ1) is 8.33. The maximum Gasteiger partial charge on any atom is 0.264 e. The summed E-state index contributed by atoms with van der Waals surface area (Å²) in [6.45, 7) is 0. The molecule has 1 fully saturated rings. The Morgan fingerprint density at radius 2 is 2.06 bits per heavy atom. The summed E-state index contributed by atoms with van der Waals surface area (Å²) in [6.07, 6.45) is 2.28. The molecule has 1 heterocycles. The minimum Gasteiger partial charge on any atom is -0.382 e. The molecule has 1 saturated carbocycles. The molecule has 1 N–H and O–H groups in total. The van der Waals surface area contributed by atoms with Crippen molar-refractivity contribution in [3.05, 3.63) is 35.9 Å². The van der Waals surface area contributed by atoms with E-state index in [1.807, 2.05) is 30.3 Å². The zero-order chi connectivity index (χ0) is 11.7. The third-order valence-electron chi connectivity index (χ3n) is 2.99. The first-order valence-corrected chi connectivity index (χ1v) is 5.91. The summed E-state index contributed by atoms with van der Waals surface area (Å²) in [5, 5.41) is 6.92. The molecule has 4 nitrogen and oxygen atoms in total. The Hall–Kier alpha value is -1.84. The van der Waals surface area contributed by atoms with Gasteiger partial charge in [-0.3, -0.25) is 4.79 Å². The normalized spacial score (nSPS) is 22.8. The number of oxime groups is 1. The van der Waals surface area contributed by atoms with Crippen LogP contribution in [0.3, 0.4) is 0 Å². The predicted molar refractivity (Wildman–Crippen MR) is 63.6 cm³/mol. The second-order valence-corrected chi connectivity index (χ2v) is 4.49. The lowest BCUT2D eigenvalue weighted by Gasteiger charge is -2.07. The molecule has 0 aromatic heterocycles. The molecule has 3 rings (SSSR count). The van der Waals surface area contributed by atoms with Gasteiger partial charge in [0, 0.05) is 12.5 Å². The molecule has 0 bridgehead atoms. The number of carbonyl (C=O) groups excluding carboxylic acids is 1. The van der Waals surface area contributed by atoms with Crippen molar-refractivity contribution in [2.45, 2.75) is 31.4 Å². The third-order valence-corrected chi connectivity index (χ3v) is 2.99. The molecule has 0 spiro atoms. The smallest absolute Gasteiger partial charge is 0.264 e. The van der Waals surface area contributed by atoms with Gasteiger partial charge in [-0.15, -0.1) is 0 Å². The van der Waals surface area contributed by atoms with Gasteiger partial charge >= 0.3 is 0 Å². The molecule has 88 valence electrons. The summed E-state index contributed by atoms with van der Waals surface area (Å²) >= 11 is 0. The maximum atomic E-state index is 11.8. The minimum absolute atomic E-state index is 0.0396. The van der Waals surface area contributed by atoms with Crippen LogP contribution in [0.4, 0.5) is 0 Å². The molecular formula is C13H14N2O2. The van der Waals surface area contributed by atoms with Crippen LogP contribution >= 0.6 is 0 Å². The highest BCUT2D eigenvalue weighted by Gasteiger charge is 2.32. The van der Waals surface area contributed by atoms with Gasteiger partial charge in [-0.25, -0.2) is 0 Å². The van der Waals surface area contributed by atoms with Crippen LogP contribution in [0.5, 0.6) is 0 Å². The Morgan fingerprint density at radius 1 is 1.29 bits per heavy atom. The number of amides is 1. The predicted octanol–water partition coefficient (Wildman–Crippen LogP) is 1.46. The van der Waals surface area contributed by atoms with Gasteiger partial charge in [0.1, 0.15) is 0 Å². The van der Waals surface area contributed by atoms with E-state index in [-0.39, 0.29) is 5.91 Å². The number of nitrogens with zero attached hydrogens (tertiary/aromatic N) is 1. The van der Waals surface area contributed by atoms with Crippen molar-refractivity contribution < 1.29 is 9.63 Å². The number of nitrogens with one attached hydrogen (secondary N) is 1. The van der Waals surface area contributed by atoms with Crippen LogP contribution in [0.25, 0.3) is 0 Å². The number of rotatable bonds is 3. The number of hydrogen-bond acceptors (Lipinski definition) is 3. The van der Waals surface area contributed by atoms with Gasteiger partial charge in [0.2, 0.25) is 6.10 Å². The van der Waals surface area contributed by atoms with Crippen molar-refractivity contribution in [2.75, 3.05) is 0 Å². The topological polar surface area (TPSA) is 50.7 Å². The van der Waals surface area contributed by atoms with Crippen molar-refractivity contribution >= 4 is 11.6 Å². The second kappa shape index (κ2) is 4.20. The summed E-state index contributed by atoms with van der Waals surface area (Å²) in [6, 6.07) is 10.2. The van der Waals surface area contributed by atoms with Gasteiger partial charge in [0.15, 0.2) is 0 Å². The van der Waals surface area contributed by atoms with Crippen molar-refractivity contribution in [2.24, 2.45) is 5.16 Å². The van der Waals surface area contributed by atoms with Crippen LogP contribution in [0.2, 0.25) is 0 Å². The average Bonchev–Trinajstić information content (AvgIpc) is 3.04. The zero-order valence-corrected chi connectivity index (χ0v) is 9.43. The molecule has 4 heteroatoms. The first kappa shape index (κ1) is 10.3. The number of carbonyl (C=O) groups is 1. The SMILES string of the molecule is O=C(NC1CC1)[C@H]1CC(c2ccccc2)=NO1. The molecule has 1 aliphatic heterocycles. The molecule has 17 heavy (non-hydrogen) atoms. The first-order valence-electron chi connectivity index (χ1n) is 5.91. The molecular weight excluding hydrogens is 216 g/mol. The van der Waals surface area contributed by atoms with Crippen LogP contribution in [0, 0.1) is 0 Å². The molecule has 0 unspecified atom stereocenters. The molecule has 0 radical (unpaired) electrons. The molecule has 0 saturated heterocycles. The molecule has 1 atom stereocenters. The van der Waals surface area contributed by atoms with E-state index in [0.29, 0.717) is 12.5 Å². The van der Waals surface area contributed by atoms with E-state index in [1.54, 1.807) is 0 Å². The Morgan fingerprint density at radius 3 is 2.76 bits per heavy atom. The average molecular weight is 230 g/mol. The van der Waals surface area contributed by atoms with E-state index < -0.39 is 6.10 Å². The van der Waals surface area contributed by atoms with Gasteiger partial charge in [0.25, 0.3) is 5.91 Å². The zero-order valence-electron chi connectivity index (χ0n) is 9.43. The Labute approximate surface area is 99.6 Å². The lowest BCUT2D eigenvalue weighted by molar-refractivity contribution is -0.131. The van der Waals surface area contributed by atoms with E-state index >= 15 is 0 Å². The fraction of sp³-hybridized carbons (Fsp3) is 0.385. The van der Waals surface area contributed by atoms with Crippen LogP contribution in [-0.4, -0.2) is 23.8 Å². The van der Waals surface area contributed by atoms with Crippen molar-refractivity contribution in [1.29, 1.82) is 0 Å². The molecule has 1 aromatic rings. The van der Waals surface area contributed by atoms with Crippen molar-refractivity contribution in [3.8, 4) is 0 Å². The van der Waals surface area contributed by atoms with Crippen LogP contribution in [0.15, 0.2) is 35.5 Å². The van der Waals surface area contributed by atoms with E-state index in [4.69, 9.17) is 4.84 Å². The molecule has 1 amide bonds. The summed E-state index contributed by atoms with van der Waals surface area (Å²) in [5.74, 6) is -0.0396. The summed E-state index contributed by atoms with van der Waals surface area (Å²) in [4.78, 5) is 16.9. The second-order valence-electron chi connectivity index (χ2n) is 4.49. The monoisotopic (exact) mass is 230 g/mol. The molecule has 1 aliphatic carbocycles. The highest BCUT2D eigenvalue weighted by atomic mass is 16.6. The molecule has 2 aliphatic rings. The Balaban J connectivity index is 1.62. The van der Waals surface area contributed by atoms with Gasteiger partial charge < -0.3 is 10.2 Å². The van der Waals surface area contributed by atoms with Gasteiger partial charge in [-0.05, 0) is 18.4 Å². The summed E-state index contributed by atoms with van der Waals surface area (Å²) in [5.41, 5.74) is 1.87.